The average Bonchev–Trinajstić information content (AvgIpc) is 2.48. The zero-order chi connectivity index (χ0) is 15.4. The predicted molar refractivity (Wildman–Crippen MR) is 83.8 cm³/mol. The molecule has 1 N–H and O–H groups in total. The van der Waals surface area contributed by atoms with Gasteiger partial charge in [-0.15, -0.1) is 0 Å². The largest absolute Gasteiger partial charge is 0.375 e. The van der Waals surface area contributed by atoms with Crippen LogP contribution in [-0.4, -0.2) is 54.3 Å². The number of piperazine rings is 1. The summed E-state index contributed by atoms with van der Waals surface area (Å²) in [6, 6.07) is 5.06. The van der Waals surface area contributed by atoms with E-state index in [1.165, 1.54) is 0 Å². The molecule has 0 aliphatic carbocycles. The monoisotopic (exact) mass is 329 g/mol. The highest BCUT2D eigenvalue weighted by Crippen LogP contribution is 2.25. The van der Waals surface area contributed by atoms with Crippen LogP contribution < -0.4 is 5.32 Å². The second-order valence-electron chi connectivity index (χ2n) is 4.86. The molecule has 1 aromatic rings. The number of halogens is 2. The van der Waals surface area contributed by atoms with Crippen molar-refractivity contribution in [2.45, 2.75) is 6.92 Å². The molecule has 0 unspecified atom stereocenters. The molecule has 2 amide bonds. The van der Waals surface area contributed by atoms with Gasteiger partial charge in [0, 0.05) is 38.1 Å². The molecule has 0 atom stereocenters. The van der Waals surface area contributed by atoms with Crippen LogP contribution in [0.2, 0.25) is 10.0 Å². The predicted octanol–water partition coefficient (Wildman–Crippen LogP) is 2.10. The highest BCUT2D eigenvalue weighted by molar-refractivity contribution is 6.35. The Kier molecular flexibility index (Phi) is 5.31. The number of carbonyl (C=O) groups is 2. The fraction of sp³-hybridized carbons (Fsp3) is 0.429. The first-order valence-electron chi connectivity index (χ1n) is 6.69. The third kappa shape index (κ3) is 4.25. The van der Waals surface area contributed by atoms with Crippen molar-refractivity contribution in [1.29, 1.82) is 0 Å². The van der Waals surface area contributed by atoms with E-state index in [2.05, 4.69) is 5.32 Å². The fourth-order valence-corrected chi connectivity index (χ4v) is 2.54. The Morgan fingerprint density at radius 2 is 1.76 bits per heavy atom. The molecule has 1 aromatic carbocycles. The number of benzene rings is 1. The Balaban J connectivity index is 1.85. The number of carbonyl (C=O) groups excluding carboxylic acids is 2. The maximum absolute atomic E-state index is 12.1. The Bertz CT molecular complexity index is 543. The maximum Gasteiger partial charge on any atom is 0.241 e. The van der Waals surface area contributed by atoms with E-state index < -0.39 is 0 Å². The van der Waals surface area contributed by atoms with Crippen molar-refractivity contribution in [2.75, 3.05) is 38.0 Å². The van der Waals surface area contributed by atoms with Crippen molar-refractivity contribution < 1.29 is 9.59 Å². The van der Waals surface area contributed by atoms with Crippen LogP contribution in [0.5, 0.6) is 0 Å². The van der Waals surface area contributed by atoms with Gasteiger partial charge in [0.05, 0.1) is 17.3 Å². The van der Waals surface area contributed by atoms with E-state index in [4.69, 9.17) is 23.2 Å². The molecule has 2 rings (SSSR count). The molecule has 0 saturated carbocycles. The molecule has 5 nitrogen and oxygen atoms in total. The molecule has 0 spiro atoms. The van der Waals surface area contributed by atoms with Crippen LogP contribution in [0.25, 0.3) is 0 Å². The van der Waals surface area contributed by atoms with Crippen molar-refractivity contribution in [3.05, 3.63) is 28.2 Å². The summed E-state index contributed by atoms with van der Waals surface area (Å²) in [6.45, 7) is 3.98. The van der Waals surface area contributed by atoms with Crippen LogP contribution in [0.15, 0.2) is 18.2 Å². The number of anilines is 1. The van der Waals surface area contributed by atoms with Gasteiger partial charge >= 0.3 is 0 Å². The lowest BCUT2D eigenvalue weighted by atomic mass is 10.3. The van der Waals surface area contributed by atoms with Gasteiger partial charge in [-0.1, -0.05) is 23.2 Å². The van der Waals surface area contributed by atoms with Crippen LogP contribution in [0.3, 0.4) is 0 Å². The number of amides is 2. The van der Waals surface area contributed by atoms with E-state index in [0.717, 1.165) is 0 Å². The second kappa shape index (κ2) is 7.00. The van der Waals surface area contributed by atoms with Crippen molar-refractivity contribution in [3.63, 3.8) is 0 Å². The lowest BCUT2D eigenvalue weighted by molar-refractivity contribution is -0.137. The topological polar surface area (TPSA) is 52.7 Å². The van der Waals surface area contributed by atoms with Gasteiger partial charge in [0.2, 0.25) is 11.8 Å². The third-order valence-electron chi connectivity index (χ3n) is 3.44. The summed E-state index contributed by atoms with van der Waals surface area (Å²) in [7, 11) is 0. The molecular formula is C14H17Cl2N3O2. The molecule has 1 aliphatic heterocycles. The lowest BCUT2D eigenvalue weighted by Gasteiger charge is -2.34. The lowest BCUT2D eigenvalue weighted by Crippen LogP contribution is -2.51. The quantitative estimate of drug-likeness (QED) is 0.923. The summed E-state index contributed by atoms with van der Waals surface area (Å²) in [5, 5.41) is 4.08. The standard InChI is InChI=1S/C14H17Cl2N3O2/c1-10(20)18-4-6-19(7-5-18)14(21)9-17-13-8-11(15)2-3-12(13)16/h2-3,8,17H,4-7,9H2,1H3. The minimum Gasteiger partial charge on any atom is -0.375 e. The fourth-order valence-electron chi connectivity index (χ4n) is 2.19. The minimum atomic E-state index is -0.0192. The van der Waals surface area contributed by atoms with Crippen LogP contribution >= 0.6 is 23.2 Å². The Hall–Kier alpha value is -1.46. The number of nitrogens with zero attached hydrogens (tertiary/aromatic N) is 2. The molecule has 7 heteroatoms. The molecule has 21 heavy (non-hydrogen) atoms. The summed E-state index contributed by atoms with van der Waals surface area (Å²) >= 11 is 11.9. The van der Waals surface area contributed by atoms with Crippen molar-refractivity contribution in [1.82, 2.24) is 9.80 Å². The third-order valence-corrected chi connectivity index (χ3v) is 4.00. The molecule has 1 saturated heterocycles. The van der Waals surface area contributed by atoms with Crippen molar-refractivity contribution in [2.24, 2.45) is 0 Å². The summed E-state index contributed by atoms with van der Waals surface area (Å²) in [4.78, 5) is 26.8. The van der Waals surface area contributed by atoms with Gasteiger partial charge in [-0.2, -0.15) is 0 Å². The van der Waals surface area contributed by atoms with Gasteiger partial charge in [0.25, 0.3) is 0 Å². The summed E-state index contributed by atoms with van der Waals surface area (Å²) in [5.74, 6) is 0.0279. The van der Waals surface area contributed by atoms with Crippen LogP contribution in [0, 0.1) is 0 Å². The molecule has 1 heterocycles. The van der Waals surface area contributed by atoms with E-state index in [1.807, 2.05) is 0 Å². The van der Waals surface area contributed by atoms with Gasteiger partial charge in [-0.25, -0.2) is 0 Å². The van der Waals surface area contributed by atoms with Gasteiger partial charge in [-0.05, 0) is 18.2 Å². The molecule has 1 aliphatic rings. The minimum absolute atomic E-state index is 0.0192. The van der Waals surface area contributed by atoms with Crippen molar-refractivity contribution >= 4 is 40.7 Å². The maximum atomic E-state index is 12.1. The smallest absolute Gasteiger partial charge is 0.241 e. The Labute approximate surface area is 133 Å². The first-order valence-corrected chi connectivity index (χ1v) is 7.45. The molecule has 1 fully saturated rings. The highest BCUT2D eigenvalue weighted by atomic mass is 35.5. The van der Waals surface area contributed by atoms with E-state index in [-0.39, 0.29) is 18.4 Å². The normalized spacial score (nSPS) is 15.0. The highest BCUT2D eigenvalue weighted by Gasteiger charge is 2.22. The van der Waals surface area contributed by atoms with Crippen molar-refractivity contribution in [3.8, 4) is 0 Å². The molecule has 0 aromatic heterocycles. The van der Waals surface area contributed by atoms with Crippen LogP contribution in [0.4, 0.5) is 5.69 Å². The number of hydrogen-bond donors (Lipinski definition) is 1. The molecule has 114 valence electrons. The van der Waals surface area contributed by atoms with Gasteiger partial charge in [0.1, 0.15) is 0 Å². The van der Waals surface area contributed by atoms with Crippen LogP contribution in [-0.2, 0) is 9.59 Å². The number of nitrogens with one attached hydrogen (secondary N) is 1. The van der Waals surface area contributed by atoms with Gasteiger partial charge < -0.3 is 15.1 Å². The number of hydrogen-bond acceptors (Lipinski definition) is 3. The Morgan fingerprint density at radius 3 is 2.38 bits per heavy atom. The number of rotatable bonds is 3. The Morgan fingerprint density at radius 1 is 1.14 bits per heavy atom. The first-order chi connectivity index (χ1) is 9.97. The van der Waals surface area contributed by atoms with E-state index in [1.54, 1.807) is 34.9 Å². The zero-order valence-corrected chi connectivity index (χ0v) is 13.2. The van der Waals surface area contributed by atoms with E-state index >= 15 is 0 Å². The first kappa shape index (κ1) is 15.9. The zero-order valence-electron chi connectivity index (χ0n) is 11.7. The summed E-state index contributed by atoms with van der Waals surface area (Å²) in [5.41, 5.74) is 0.639. The van der Waals surface area contributed by atoms with Crippen LogP contribution in [0.1, 0.15) is 6.92 Å². The van der Waals surface area contributed by atoms with E-state index in [9.17, 15) is 9.59 Å². The molecule has 0 radical (unpaired) electrons. The van der Waals surface area contributed by atoms with Gasteiger partial charge in [-0.3, -0.25) is 9.59 Å². The summed E-state index contributed by atoms with van der Waals surface area (Å²) in [6.07, 6.45) is 0. The molecular weight excluding hydrogens is 313 g/mol. The average molecular weight is 330 g/mol. The van der Waals surface area contributed by atoms with E-state index in [0.29, 0.717) is 41.9 Å². The van der Waals surface area contributed by atoms with Gasteiger partial charge in [0.15, 0.2) is 0 Å². The second-order valence-corrected chi connectivity index (χ2v) is 5.71. The summed E-state index contributed by atoms with van der Waals surface area (Å²) < 4.78 is 0. The molecule has 0 bridgehead atoms. The SMILES string of the molecule is CC(=O)N1CCN(C(=O)CNc2cc(Cl)ccc2Cl)CC1.